The molecule has 0 aromatic heterocycles. The Morgan fingerprint density at radius 3 is 2.53 bits per heavy atom. The molecule has 0 fully saturated rings. The van der Waals surface area contributed by atoms with Crippen LogP contribution in [-0.2, 0) is 11.4 Å². The van der Waals surface area contributed by atoms with Crippen LogP contribution in [0.5, 0.6) is 11.5 Å². The Kier molecular flexibility index (Phi) is 7.46. The summed E-state index contributed by atoms with van der Waals surface area (Å²) in [7, 11) is 1.53. The number of hydrogen-bond donors (Lipinski definition) is 1. The molecular weight excluding hydrogens is 432 g/mol. The van der Waals surface area contributed by atoms with Crippen molar-refractivity contribution in [3.05, 3.63) is 98.6 Å². The van der Waals surface area contributed by atoms with Gasteiger partial charge in [0, 0.05) is 17.2 Å². The fourth-order valence-electron chi connectivity index (χ4n) is 2.89. The minimum Gasteiger partial charge on any atom is -0.493 e. The highest BCUT2D eigenvalue weighted by Gasteiger charge is 2.15. The van der Waals surface area contributed by atoms with E-state index < -0.39 is 10.8 Å². The van der Waals surface area contributed by atoms with E-state index in [9.17, 15) is 14.9 Å². The number of rotatable bonds is 8. The molecule has 3 rings (SSSR count). The summed E-state index contributed by atoms with van der Waals surface area (Å²) in [6.45, 7) is 2.09. The number of aryl methyl sites for hydroxylation is 1. The highest BCUT2D eigenvalue weighted by Crippen LogP contribution is 2.30. The van der Waals surface area contributed by atoms with E-state index in [1.54, 1.807) is 49.4 Å². The van der Waals surface area contributed by atoms with Gasteiger partial charge in [-0.3, -0.25) is 14.9 Å². The van der Waals surface area contributed by atoms with Crippen LogP contribution in [0, 0.1) is 17.0 Å². The van der Waals surface area contributed by atoms with E-state index >= 15 is 0 Å². The number of carbonyl (C=O) groups is 1. The number of halogens is 1. The van der Waals surface area contributed by atoms with Crippen LogP contribution in [0.1, 0.15) is 16.7 Å². The summed E-state index contributed by atoms with van der Waals surface area (Å²) in [5.74, 6) is 0.578. The predicted octanol–water partition coefficient (Wildman–Crippen LogP) is 5.80. The van der Waals surface area contributed by atoms with Crippen molar-refractivity contribution in [1.29, 1.82) is 0 Å². The highest BCUT2D eigenvalue weighted by molar-refractivity contribution is 6.30. The zero-order chi connectivity index (χ0) is 23.1. The number of nitrogens with zero attached hydrogens (tertiary/aromatic N) is 1. The van der Waals surface area contributed by atoms with Crippen molar-refractivity contribution in [1.82, 2.24) is 0 Å². The first-order valence-electron chi connectivity index (χ1n) is 9.65. The number of nitrogens with one attached hydrogen (secondary N) is 1. The lowest BCUT2D eigenvalue weighted by Gasteiger charge is -2.11. The van der Waals surface area contributed by atoms with Gasteiger partial charge in [-0.05, 0) is 60.0 Å². The molecule has 3 aromatic carbocycles. The van der Waals surface area contributed by atoms with Gasteiger partial charge in [-0.25, -0.2) is 0 Å². The van der Waals surface area contributed by atoms with E-state index in [4.69, 9.17) is 21.1 Å². The number of hydrogen-bond acceptors (Lipinski definition) is 5. The van der Waals surface area contributed by atoms with Gasteiger partial charge < -0.3 is 14.8 Å². The van der Waals surface area contributed by atoms with Gasteiger partial charge in [0.1, 0.15) is 12.3 Å². The van der Waals surface area contributed by atoms with Crippen LogP contribution < -0.4 is 14.8 Å². The van der Waals surface area contributed by atoms with Crippen LogP contribution in [0.15, 0.2) is 66.7 Å². The van der Waals surface area contributed by atoms with Gasteiger partial charge >= 0.3 is 0 Å². The molecule has 0 bridgehead atoms. The summed E-state index contributed by atoms with van der Waals surface area (Å²) in [6.07, 6.45) is 2.88. The molecule has 0 heterocycles. The number of methoxy groups -OCH3 is 1. The van der Waals surface area contributed by atoms with E-state index in [0.29, 0.717) is 28.7 Å². The van der Waals surface area contributed by atoms with E-state index in [2.05, 4.69) is 5.32 Å². The maximum Gasteiger partial charge on any atom is 0.293 e. The minimum absolute atomic E-state index is 0.138. The third kappa shape index (κ3) is 6.09. The van der Waals surface area contributed by atoms with E-state index in [1.165, 1.54) is 25.3 Å². The Balaban J connectivity index is 1.67. The van der Waals surface area contributed by atoms with E-state index in [0.717, 1.165) is 11.1 Å². The van der Waals surface area contributed by atoms with Gasteiger partial charge in [0.05, 0.1) is 12.0 Å². The summed E-state index contributed by atoms with van der Waals surface area (Å²) < 4.78 is 11.2. The Bertz CT molecular complexity index is 1160. The maximum absolute atomic E-state index is 12.3. The zero-order valence-electron chi connectivity index (χ0n) is 17.5. The average molecular weight is 453 g/mol. The van der Waals surface area contributed by atoms with Crippen LogP contribution in [0.4, 0.5) is 11.4 Å². The van der Waals surface area contributed by atoms with Crippen LogP contribution in [0.25, 0.3) is 6.08 Å². The van der Waals surface area contributed by atoms with Crippen LogP contribution in [-0.4, -0.2) is 17.9 Å². The molecule has 0 aliphatic carbocycles. The van der Waals surface area contributed by atoms with E-state index in [1.807, 2.05) is 12.1 Å². The second kappa shape index (κ2) is 10.5. The minimum atomic E-state index is -0.528. The van der Waals surface area contributed by atoms with Crippen molar-refractivity contribution < 1.29 is 19.2 Å². The van der Waals surface area contributed by atoms with Crippen molar-refractivity contribution in [3.8, 4) is 11.5 Å². The van der Waals surface area contributed by atoms with Crippen molar-refractivity contribution in [2.75, 3.05) is 12.4 Å². The maximum atomic E-state index is 12.3. The molecule has 3 aromatic rings. The standard InChI is InChI=1S/C24H21ClN2O5/c1-16-3-10-20(21(13-16)27(29)30)26-24(28)12-7-17-6-11-22(23(14-17)31-2)32-15-18-4-8-19(25)9-5-18/h3-14H,15H2,1-2H3,(H,26,28)/b12-7+. The van der Waals surface area contributed by atoms with Gasteiger partial charge in [-0.15, -0.1) is 0 Å². The van der Waals surface area contributed by atoms with Crippen LogP contribution >= 0.6 is 11.6 Å². The second-order valence-corrected chi connectivity index (χ2v) is 7.36. The lowest BCUT2D eigenvalue weighted by atomic mass is 10.1. The molecule has 7 nitrogen and oxygen atoms in total. The predicted molar refractivity (Wildman–Crippen MR) is 124 cm³/mol. The van der Waals surface area contributed by atoms with Crippen molar-refractivity contribution in [2.24, 2.45) is 0 Å². The summed E-state index contributed by atoms with van der Waals surface area (Å²) in [4.78, 5) is 22.9. The molecule has 0 radical (unpaired) electrons. The van der Waals surface area contributed by atoms with Gasteiger partial charge in [0.25, 0.3) is 5.69 Å². The molecule has 8 heteroatoms. The molecule has 1 amide bonds. The van der Waals surface area contributed by atoms with Gasteiger partial charge in [-0.2, -0.15) is 0 Å². The Hall–Kier alpha value is -3.84. The van der Waals surface area contributed by atoms with Crippen molar-refractivity contribution in [2.45, 2.75) is 13.5 Å². The smallest absolute Gasteiger partial charge is 0.293 e. The lowest BCUT2D eigenvalue weighted by molar-refractivity contribution is -0.384. The Labute approximate surface area is 190 Å². The normalized spacial score (nSPS) is 10.7. The Morgan fingerprint density at radius 1 is 1.09 bits per heavy atom. The fourth-order valence-corrected chi connectivity index (χ4v) is 3.02. The molecule has 164 valence electrons. The van der Waals surface area contributed by atoms with Crippen LogP contribution in [0.2, 0.25) is 5.02 Å². The summed E-state index contributed by atoms with van der Waals surface area (Å²) in [5.41, 5.74) is 2.38. The molecule has 0 atom stereocenters. The molecule has 0 aliphatic heterocycles. The molecule has 0 saturated heterocycles. The number of benzene rings is 3. The number of nitro groups is 1. The van der Waals surface area contributed by atoms with Gasteiger partial charge in [0.15, 0.2) is 11.5 Å². The largest absolute Gasteiger partial charge is 0.493 e. The number of anilines is 1. The molecular formula is C24H21ClN2O5. The number of ether oxygens (including phenoxy) is 2. The number of amides is 1. The third-order valence-electron chi connectivity index (χ3n) is 4.53. The molecule has 0 aliphatic rings. The monoisotopic (exact) mass is 452 g/mol. The summed E-state index contributed by atoms with van der Waals surface area (Å²) >= 11 is 5.89. The second-order valence-electron chi connectivity index (χ2n) is 6.93. The van der Waals surface area contributed by atoms with E-state index in [-0.39, 0.29) is 11.4 Å². The Morgan fingerprint density at radius 2 is 1.84 bits per heavy atom. The number of nitro benzene ring substituents is 1. The first kappa shape index (κ1) is 22.8. The SMILES string of the molecule is COc1cc(/C=C/C(=O)Nc2ccc(C)cc2[N+](=O)[O-])ccc1OCc1ccc(Cl)cc1. The van der Waals surface area contributed by atoms with Crippen molar-refractivity contribution in [3.63, 3.8) is 0 Å². The molecule has 0 saturated carbocycles. The highest BCUT2D eigenvalue weighted by atomic mass is 35.5. The topological polar surface area (TPSA) is 90.7 Å². The summed E-state index contributed by atoms with van der Waals surface area (Å²) in [6, 6.07) is 17.2. The van der Waals surface area contributed by atoms with Gasteiger partial charge in [-0.1, -0.05) is 35.9 Å². The first-order valence-corrected chi connectivity index (χ1v) is 10.0. The number of carbonyl (C=O) groups excluding carboxylic acids is 1. The van der Waals surface area contributed by atoms with Gasteiger partial charge in [0.2, 0.25) is 5.91 Å². The lowest BCUT2D eigenvalue weighted by Crippen LogP contribution is -2.09. The molecule has 32 heavy (non-hydrogen) atoms. The fraction of sp³-hybridized carbons (Fsp3) is 0.125. The zero-order valence-corrected chi connectivity index (χ0v) is 18.3. The quantitative estimate of drug-likeness (QED) is 0.265. The summed E-state index contributed by atoms with van der Waals surface area (Å²) in [5, 5.41) is 14.4. The first-order chi connectivity index (χ1) is 15.4. The van der Waals surface area contributed by atoms with Crippen LogP contribution in [0.3, 0.4) is 0 Å². The molecule has 1 N–H and O–H groups in total. The third-order valence-corrected chi connectivity index (χ3v) is 4.78. The molecule has 0 spiro atoms. The van der Waals surface area contributed by atoms with Crippen molar-refractivity contribution >= 4 is 35.0 Å². The molecule has 0 unspecified atom stereocenters. The average Bonchev–Trinajstić information content (AvgIpc) is 2.78.